The highest BCUT2D eigenvalue weighted by Gasteiger charge is 2.26. The van der Waals surface area contributed by atoms with Gasteiger partial charge in [-0.05, 0) is 18.4 Å². The van der Waals surface area contributed by atoms with Gasteiger partial charge >= 0.3 is 0 Å². The minimum absolute atomic E-state index is 0.181. The molecule has 1 aromatic carbocycles. The van der Waals surface area contributed by atoms with E-state index in [1.54, 1.807) is 0 Å². The van der Waals surface area contributed by atoms with Gasteiger partial charge in [0.15, 0.2) is 0 Å². The van der Waals surface area contributed by atoms with Crippen molar-refractivity contribution in [1.82, 2.24) is 4.72 Å². The topological polar surface area (TPSA) is 46.2 Å². The first kappa shape index (κ1) is 12.6. The summed E-state index contributed by atoms with van der Waals surface area (Å²) in [6.07, 6.45) is 4.87. The molecule has 4 heteroatoms. The Balaban J connectivity index is 1.93. The van der Waals surface area contributed by atoms with E-state index in [0.29, 0.717) is 6.54 Å². The highest BCUT2D eigenvalue weighted by atomic mass is 32.2. The van der Waals surface area contributed by atoms with Crippen molar-refractivity contribution in [1.29, 1.82) is 0 Å². The summed E-state index contributed by atoms with van der Waals surface area (Å²) >= 11 is 0. The monoisotopic (exact) mass is 253 g/mol. The van der Waals surface area contributed by atoms with Crippen LogP contribution in [-0.4, -0.2) is 13.7 Å². The lowest BCUT2D eigenvalue weighted by Crippen LogP contribution is -2.35. The third-order valence-electron chi connectivity index (χ3n) is 3.31. The molecule has 0 aliphatic heterocycles. The van der Waals surface area contributed by atoms with Crippen LogP contribution in [0.2, 0.25) is 0 Å². The predicted octanol–water partition coefficient (Wildman–Crippen LogP) is 2.44. The van der Waals surface area contributed by atoms with Crippen LogP contribution >= 0.6 is 0 Å². The molecule has 0 saturated heterocycles. The van der Waals surface area contributed by atoms with Crippen molar-refractivity contribution in [2.24, 2.45) is 0 Å². The van der Waals surface area contributed by atoms with Crippen LogP contribution in [0.3, 0.4) is 0 Å². The van der Waals surface area contributed by atoms with Crippen molar-refractivity contribution in [3.05, 3.63) is 35.9 Å². The quantitative estimate of drug-likeness (QED) is 0.896. The maximum absolute atomic E-state index is 12.0. The minimum Gasteiger partial charge on any atom is -0.212 e. The molecule has 0 radical (unpaired) electrons. The molecule has 1 fully saturated rings. The Morgan fingerprint density at radius 2 is 1.71 bits per heavy atom. The Bertz CT molecular complexity index is 436. The zero-order chi connectivity index (χ0) is 12.1. The van der Waals surface area contributed by atoms with Gasteiger partial charge in [0.2, 0.25) is 10.0 Å². The van der Waals surface area contributed by atoms with E-state index in [1.807, 2.05) is 30.3 Å². The number of hydrogen-bond donors (Lipinski definition) is 1. The molecule has 0 amide bonds. The second kappa shape index (κ2) is 5.65. The standard InChI is InChI=1S/C13H19NO2S/c15-17(16,13-9-5-2-6-10-13)14-11-12-7-3-1-4-8-12/h1,3-4,7-8,13-14H,2,5-6,9-11H2. The van der Waals surface area contributed by atoms with Crippen molar-refractivity contribution in [3.63, 3.8) is 0 Å². The molecule has 0 unspecified atom stereocenters. The van der Waals surface area contributed by atoms with Gasteiger partial charge in [0, 0.05) is 6.54 Å². The van der Waals surface area contributed by atoms with Gasteiger partial charge in [0.25, 0.3) is 0 Å². The summed E-state index contributed by atoms with van der Waals surface area (Å²) in [5.41, 5.74) is 1.01. The number of rotatable bonds is 4. The van der Waals surface area contributed by atoms with E-state index in [9.17, 15) is 8.42 Å². The third kappa shape index (κ3) is 3.54. The van der Waals surface area contributed by atoms with Crippen LogP contribution in [0.25, 0.3) is 0 Å². The van der Waals surface area contributed by atoms with Gasteiger partial charge < -0.3 is 0 Å². The summed E-state index contributed by atoms with van der Waals surface area (Å²) in [5, 5.41) is -0.181. The van der Waals surface area contributed by atoms with Crippen molar-refractivity contribution >= 4 is 10.0 Å². The molecule has 0 heterocycles. The Kier molecular flexibility index (Phi) is 4.18. The van der Waals surface area contributed by atoms with Gasteiger partial charge in [-0.25, -0.2) is 13.1 Å². The molecule has 0 spiro atoms. The molecular weight excluding hydrogens is 234 g/mol. The first-order chi connectivity index (χ1) is 8.18. The Morgan fingerprint density at radius 3 is 2.35 bits per heavy atom. The minimum atomic E-state index is -3.13. The van der Waals surface area contributed by atoms with E-state index in [2.05, 4.69) is 4.72 Å². The largest absolute Gasteiger partial charge is 0.214 e. The lowest BCUT2D eigenvalue weighted by molar-refractivity contribution is 0.477. The molecule has 3 nitrogen and oxygen atoms in total. The van der Waals surface area contributed by atoms with Crippen molar-refractivity contribution in [2.45, 2.75) is 43.9 Å². The summed E-state index contributed by atoms with van der Waals surface area (Å²) in [7, 11) is -3.13. The molecule has 94 valence electrons. The number of hydrogen-bond acceptors (Lipinski definition) is 2. The Morgan fingerprint density at radius 1 is 1.06 bits per heavy atom. The maximum Gasteiger partial charge on any atom is 0.214 e. The van der Waals surface area contributed by atoms with E-state index >= 15 is 0 Å². The summed E-state index contributed by atoms with van der Waals surface area (Å²) in [6.45, 7) is 0.402. The van der Waals surface area contributed by atoms with Crippen LogP contribution < -0.4 is 4.72 Å². The average Bonchev–Trinajstić information content (AvgIpc) is 2.39. The second-order valence-electron chi connectivity index (χ2n) is 4.61. The average molecular weight is 253 g/mol. The van der Waals surface area contributed by atoms with E-state index in [1.165, 1.54) is 6.42 Å². The lowest BCUT2D eigenvalue weighted by Gasteiger charge is -2.22. The third-order valence-corrected chi connectivity index (χ3v) is 5.21. The Labute approximate surface area is 103 Å². The summed E-state index contributed by atoms with van der Waals surface area (Å²) in [4.78, 5) is 0. The van der Waals surface area contributed by atoms with Gasteiger partial charge in [0.05, 0.1) is 5.25 Å². The van der Waals surface area contributed by atoms with E-state index in [-0.39, 0.29) is 5.25 Å². The Hall–Kier alpha value is -0.870. The van der Waals surface area contributed by atoms with Crippen LogP contribution in [-0.2, 0) is 16.6 Å². The number of nitrogens with one attached hydrogen (secondary N) is 1. The van der Waals surface area contributed by atoms with Crippen molar-refractivity contribution < 1.29 is 8.42 Å². The molecule has 0 atom stereocenters. The molecule has 17 heavy (non-hydrogen) atoms. The highest BCUT2D eigenvalue weighted by molar-refractivity contribution is 7.90. The first-order valence-electron chi connectivity index (χ1n) is 6.21. The highest BCUT2D eigenvalue weighted by Crippen LogP contribution is 2.23. The van der Waals surface area contributed by atoms with Gasteiger partial charge in [-0.15, -0.1) is 0 Å². The van der Waals surface area contributed by atoms with Gasteiger partial charge in [-0.1, -0.05) is 49.6 Å². The van der Waals surface area contributed by atoms with Crippen LogP contribution in [0.1, 0.15) is 37.7 Å². The van der Waals surface area contributed by atoms with Gasteiger partial charge in [-0.2, -0.15) is 0 Å². The van der Waals surface area contributed by atoms with Crippen molar-refractivity contribution in [3.8, 4) is 0 Å². The molecule has 1 aromatic rings. The fourth-order valence-corrected chi connectivity index (χ4v) is 3.83. The smallest absolute Gasteiger partial charge is 0.212 e. The molecule has 1 aliphatic rings. The van der Waals surface area contributed by atoms with Gasteiger partial charge in [-0.3, -0.25) is 0 Å². The molecular formula is C13H19NO2S. The number of benzene rings is 1. The predicted molar refractivity (Wildman–Crippen MR) is 69.1 cm³/mol. The van der Waals surface area contributed by atoms with E-state index in [0.717, 1.165) is 31.2 Å². The summed E-state index contributed by atoms with van der Waals surface area (Å²) in [5.74, 6) is 0. The van der Waals surface area contributed by atoms with Crippen LogP contribution in [0.4, 0.5) is 0 Å². The zero-order valence-corrected chi connectivity index (χ0v) is 10.7. The molecule has 0 aromatic heterocycles. The van der Waals surface area contributed by atoms with Crippen LogP contribution in [0.5, 0.6) is 0 Å². The molecule has 1 aliphatic carbocycles. The molecule has 0 bridgehead atoms. The number of sulfonamides is 1. The fourth-order valence-electron chi connectivity index (χ4n) is 2.27. The lowest BCUT2D eigenvalue weighted by atomic mass is 10.0. The SMILES string of the molecule is O=S(=O)(NCc1ccccc1)C1CCCCC1. The molecule has 2 rings (SSSR count). The molecule has 1 N–H and O–H groups in total. The first-order valence-corrected chi connectivity index (χ1v) is 7.75. The van der Waals surface area contributed by atoms with Crippen molar-refractivity contribution in [2.75, 3.05) is 0 Å². The second-order valence-corrected chi connectivity index (χ2v) is 6.66. The maximum atomic E-state index is 12.0. The fraction of sp³-hybridized carbons (Fsp3) is 0.538. The normalized spacial score (nSPS) is 18.1. The summed E-state index contributed by atoms with van der Waals surface area (Å²) < 4.78 is 26.8. The zero-order valence-electron chi connectivity index (χ0n) is 9.93. The van der Waals surface area contributed by atoms with Gasteiger partial charge in [0.1, 0.15) is 0 Å². The molecule has 1 saturated carbocycles. The van der Waals surface area contributed by atoms with Crippen LogP contribution in [0, 0.1) is 0 Å². The van der Waals surface area contributed by atoms with Crippen LogP contribution in [0.15, 0.2) is 30.3 Å². The summed E-state index contributed by atoms with van der Waals surface area (Å²) in [6, 6.07) is 9.64. The van der Waals surface area contributed by atoms with E-state index in [4.69, 9.17) is 0 Å². The van der Waals surface area contributed by atoms with E-state index < -0.39 is 10.0 Å².